The second-order valence-electron chi connectivity index (χ2n) is 13.8. The highest BCUT2D eigenvalue weighted by Crippen LogP contribution is 2.44. The molecule has 0 aromatic heterocycles. The van der Waals surface area contributed by atoms with Gasteiger partial charge in [0.05, 0.1) is 0 Å². The Morgan fingerprint density at radius 1 is 0.872 bits per heavy atom. The number of rotatable bonds is 11. The third-order valence-corrected chi connectivity index (χ3v) is 9.15. The molecule has 3 aliphatic rings. The lowest BCUT2D eigenvalue weighted by Crippen LogP contribution is -2.52. The van der Waals surface area contributed by atoms with Crippen LogP contribution in [0.1, 0.15) is 102 Å². The SMILES string of the molecule is CC(C)(C)OC(=O)N1CCC[C@@H]1C(=O)NC(CCCCNC(=O)OCC1c2ccccc2-c2ccccc21)C(=O)OC1CCCCC1. The normalized spacial score (nSPS) is 18.5. The van der Waals surface area contributed by atoms with E-state index in [2.05, 4.69) is 34.9 Å². The number of hydrogen-bond acceptors (Lipinski definition) is 7. The number of esters is 1. The summed E-state index contributed by atoms with van der Waals surface area (Å²) in [5, 5.41) is 5.71. The minimum absolute atomic E-state index is 0.0150. The number of unbranched alkanes of at least 4 members (excludes halogenated alkanes) is 1. The molecule has 2 aliphatic carbocycles. The molecule has 1 aliphatic heterocycles. The van der Waals surface area contributed by atoms with Crippen molar-refractivity contribution in [1.82, 2.24) is 15.5 Å². The summed E-state index contributed by atoms with van der Waals surface area (Å²) in [4.78, 5) is 53.5. The van der Waals surface area contributed by atoms with E-state index in [9.17, 15) is 19.2 Å². The number of ether oxygens (including phenoxy) is 3. The third-order valence-electron chi connectivity index (χ3n) is 9.15. The van der Waals surface area contributed by atoms with Crippen LogP contribution in [0, 0.1) is 0 Å². The Hall–Kier alpha value is -4.08. The van der Waals surface area contributed by atoms with E-state index in [-0.39, 0.29) is 24.5 Å². The zero-order valence-corrected chi connectivity index (χ0v) is 27.9. The maximum absolute atomic E-state index is 13.4. The van der Waals surface area contributed by atoms with Crippen LogP contribution >= 0.6 is 0 Å². The molecular formula is C37H49N3O7. The van der Waals surface area contributed by atoms with Gasteiger partial charge in [0.1, 0.15) is 30.4 Å². The number of hydrogen-bond donors (Lipinski definition) is 2. The summed E-state index contributed by atoms with van der Waals surface area (Å²) >= 11 is 0. The van der Waals surface area contributed by atoms with Crippen LogP contribution in [0.3, 0.4) is 0 Å². The highest BCUT2D eigenvalue weighted by atomic mass is 16.6. The fraction of sp³-hybridized carbons (Fsp3) is 0.568. The van der Waals surface area contributed by atoms with E-state index in [1.54, 1.807) is 20.8 Å². The molecule has 2 N–H and O–H groups in total. The van der Waals surface area contributed by atoms with E-state index < -0.39 is 35.8 Å². The predicted octanol–water partition coefficient (Wildman–Crippen LogP) is 6.46. The van der Waals surface area contributed by atoms with Crippen LogP contribution in [0.25, 0.3) is 11.1 Å². The summed E-state index contributed by atoms with van der Waals surface area (Å²) < 4.78 is 17.0. The molecule has 254 valence electrons. The number of nitrogens with zero attached hydrogens (tertiary/aromatic N) is 1. The Labute approximate surface area is 277 Å². The number of benzene rings is 2. The predicted molar refractivity (Wildman–Crippen MR) is 178 cm³/mol. The fourth-order valence-electron chi connectivity index (χ4n) is 6.84. The molecule has 2 aromatic carbocycles. The van der Waals surface area contributed by atoms with Crippen molar-refractivity contribution in [1.29, 1.82) is 0 Å². The van der Waals surface area contributed by atoms with E-state index in [0.29, 0.717) is 45.2 Å². The minimum Gasteiger partial charge on any atom is -0.461 e. The number of nitrogens with one attached hydrogen (secondary N) is 2. The van der Waals surface area contributed by atoms with Gasteiger partial charge in [0.15, 0.2) is 0 Å². The van der Waals surface area contributed by atoms with Crippen molar-refractivity contribution in [3.05, 3.63) is 59.7 Å². The molecule has 10 nitrogen and oxygen atoms in total. The van der Waals surface area contributed by atoms with Gasteiger partial charge in [-0.2, -0.15) is 0 Å². The van der Waals surface area contributed by atoms with E-state index in [1.807, 2.05) is 24.3 Å². The van der Waals surface area contributed by atoms with E-state index >= 15 is 0 Å². The highest BCUT2D eigenvalue weighted by Gasteiger charge is 2.38. The van der Waals surface area contributed by atoms with Gasteiger partial charge in [-0.1, -0.05) is 55.0 Å². The molecule has 2 aromatic rings. The number of fused-ring (bicyclic) bond motifs is 3. The smallest absolute Gasteiger partial charge is 0.410 e. The number of carbonyl (C=O) groups excluding carboxylic acids is 4. The van der Waals surface area contributed by atoms with Crippen LogP contribution in [-0.2, 0) is 23.8 Å². The summed E-state index contributed by atoms with van der Waals surface area (Å²) in [6, 6.07) is 14.8. The largest absolute Gasteiger partial charge is 0.461 e. The van der Waals surface area contributed by atoms with Crippen molar-refractivity contribution in [3.63, 3.8) is 0 Å². The lowest BCUT2D eigenvalue weighted by molar-refractivity contribution is -0.155. The van der Waals surface area contributed by atoms with Crippen molar-refractivity contribution < 1.29 is 33.4 Å². The molecule has 3 amide bonds. The Morgan fingerprint density at radius 2 is 1.53 bits per heavy atom. The van der Waals surface area contributed by atoms with Crippen LogP contribution in [0.15, 0.2) is 48.5 Å². The lowest BCUT2D eigenvalue weighted by atomic mass is 9.97. The van der Waals surface area contributed by atoms with Crippen molar-refractivity contribution in [3.8, 4) is 11.1 Å². The quantitative estimate of drug-likeness (QED) is 0.163. The van der Waals surface area contributed by atoms with Crippen molar-refractivity contribution in [2.45, 2.75) is 115 Å². The van der Waals surface area contributed by atoms with Gasteiger partial charge in [0.2, 0.25) is 5.91 Å². The maximum atomic E-state index is 13.4. The molecule has 10 heteroatoms. The molecule has 2 fully saturated rings. The summed E-state index contributed by atoms with van der Waals surface area (Å²) in [7, 11) is 0. The summed E-state index contributed by atoms with van der Waals surface area (Å²) in [6.07, 6.45) is 6.33. The number of alkyl carbamates (subject to hydrolysis) is 1. The van der Waals surface area contributed by atoms with Gasteiger partial charge in [-0.15, -0.1) is 0 Å². The molecule has 5 rings (SSSR count). The first kappa shape index (κ1) is 34.3. The Kier molecular flexibility index (Phi) is 11.4. The van der Waals surface area contributed by atoms with Gasteiger partial charge < -0.3 is 24.8 Å². The van der Waals surface area contributed by atoms with Crippen LogP contribution < -0.4 is 10.6 Å². The molecule has 1 heterocycles. The standard InChI is InChI=1S/C37H49N3O7/c1-37(2,3)47-36(44)40-23-13-21-32(40)33(41)39-31(34(42)46-25-14-5-4-6-15-25)20-11-12-22-38-35(43)45-24-30-28-18-9-7-16-26(28)27-17-8-10-19-29(27)30/h7-10,16-19,25,30-32H,4-6,11-15,20-24H2,1-3H3,(H,38,43)(H,39,41)/t31?,32-/m1/s1. The Bertz CT molecular complexity index is 1370. The van der Waals surface area contributed by atoms with Gasteiger partial charge in [-0.05, 0) is 101 Å². The zero-order valence-electron chi connectivity index (χ0n) is 27.9. The Morgan fingerprint density at radius 3 is 2.19 bits per heavy atom. The third kappa shape index (κ3) is 9.05. The van der Waals surface area contributed by atoms with Crippen LogP contribution in [0.5, 0.6) is 0 Å². The fourth-order valence-corrected chi connectivity index (χ4v) is 6.84. The zero-order chi connectivity index (χ0) is 33.4. The van der Waals surface area contributed by atoms with Gasteiger partial charge in [0, 0.05) is 19.0 Å². The molecular weight excluding hydrogens is 598 g/mol. The topological polar surface area (TPSA) is 123 Å². The summed E-state index contributed by atoms with van der Waals surface area (Å²) in [6.45, 7) is 6.39. The van der Waals surface area contributed by atoms with Crippen molar-refractivity contribution in [2.75, 3.05) is 19.7 Å². The molecule has 0 radical (unpaired) electrons. The van der Waals surface area contributed by atoms with Gasteiger partial charge in [0.25, 0.3) is 0 Å². The first-order valence-corrected chi connectivity index (χ1v) is 17.2. The van der Waals surface area contributed by atoms with Crippen LogP contribution in [0.2, 0.25) is 0 Å². The molecule has 1 saturated carbocycles. The van der Waals surface area contributed by atoms with Crippen LogP contribution in [-0.4, -0.2) is 72.4 Å². The molecule has 0 bridgehead atoms. The molecule has 1 unspecified atom stereocenters. The first-order valence-electron chi connectivity index (χ1n) is 17.2. The van der Waals surface area contributed by atoms with Gasteiger partial charge >= 0.3 is 18.2 Å². The highest BCUT2D eigenvalue weighted by molar-refractivity contribution is 5.90. The number of likely N-dealkylation sites (tertiary alicyclic amines) is 1. The molecule has 47 heavy (non-hydrogen) atoms. The number of amides is 3. The lowest BCUT2D eigenvalue weighted by Gasteiger charge is -2.29. The average Bonchev–Trinajstić information content (AvgIpc) is 3.66. The summed E-state index contributed by atoms with van der Waals surface area (Å²) in [5.41, 5.74) is 3.97. The van der Waals surface area contributed by atoms with Crippen LogP contribution in [0.4, 0.5) is 9.59 Å². The second kappa shape index (κ2) is 15.7. The monoisotopic (exact) mass is 647 g/mol. The van der Waals surface area contributed by atoms with E-state index in [0.717, 1.165) is 43.2 Å². The maximum Gasteiger partial charge on any atom is 0.410 e. The van der Waals surface area contributed by atoms with Crippen molar-refractivity contribution >= 4 is 24.1 Å². The van der Waals surface area contributed by atoms with Crippen molar-refractivity contribution in [2.24, 2.45) is 0 Å². The second-order valence-corrected chi connectivity index (χ2v) is 13.8. The van der Waals surface area contributed by atoms with Gasteiger partial charge in [-0.3, -0.25) is 9.69 Å². The van der Waals surface area contributed by atoms with E-state index in [1.165, 1.54) is 16.0 Å². The average molecular weight is 648 g/mol. The molecule has 2 atom stereocenters. The molecule has 0 spiro atoms. The first-order chi connectivity index (χ1) is 22.6. The van der Waals surface area contributed by atoms with Gasteiger partial charge in [-0.25, -0.2) is 14.4 Å². The minimum atomic E-state index is -0.847. The molecule has 1 saturated heterocycles. The number of carbonyl (C=O) groups is 4. The Balaban J connectivity index is 1.10. The van der Waals surface area contributed by atoms with E-state index in [4.69, 9.17) is 14.2 Å². The summed E-state index contributed by atoms with van der Waals surface area (Å²) in [5.74, 6) is -0.842.